The highest BCUT2D eigenvalue weighted by Gasteiger charge is 2.61. The predicted octanol–water partition coefficient (Wildman–Crippen LogP) is 4.32. The highest BCUT2D eigenvalue weighted by Crippen LogP contribution is 2.56. The van der Waals surface area contributed by atoms with Crippen molar-refractivity contribution in [2.45, 2.75) is 26.2 Å². The Morgan fingerprint density at radius 1 is 0.808 bits per heavy atom. The van der Waals surface area contributed by atoms with Crippen molar-refractivity contribution in [3.63, 3.8) is 0 Å². The zero-order chi connectivity index (χ0) is 17.8. The first kappa shape index (κ1) is 15.6. The second-order valence-electron chi connectivity index (χ2n) is 7.81. The van der Waals surface area contributed by atoms with Gasteiger partial charge in [-0.2, -0.15) is 0 Å². The Balaban J connectivity index is 1.37. The normalized spacial score (nSPS) is 29.3. The SMILES string of the molecule is Cc1ccc(Oc2ccc(N3C(=O)[C@H]4[C@H]5CC[C@@H](C5)[C@@H]4C3=O)cc2)cc1. The first-order chi connectivity index (χ1) is 12.6. The number of nitrogens with zero attached hydrogens (tertiary/aromatic N) is 1. The van der Waals surface area contributed by atoms with E-state index >= 15 is 0 Å². The zero-order valence-corrected chi connectivity index (χ0v) is 14.7. The molecule has 2 aromatic carbocycles. The van der Waals surface area contributed by atoms with Crippen molar-refractivity contribution in [3.8, 4) is 11.5 Å². The van der Waals surface area contributed by atoms with E-state index in [0.29, 0.717) is 23.3 Å². The molecule has 132 valence electrons. The maximum Gasteiger partial charge on any atom is 0.237 e. The third-order valence-electron chi connectivity index (χ3n) is 6.28. The monoisotopic (exact) mass is 347 g/mol. The molecule has 1 heterocycles. The maximum absolute atomic E-state index is 12.9. The van der Waals surface area contributed by atoms with Crippen LogP contribution in [0, 0.1) is 30.6 Å². The second kappa shape index (κ2) is 5.70. The molecule has 2 saturated carbocycles. The summed E-state index contributed by atoms with van der Waals surface area (Å²) in [5.74, 6) is 2.12. The van der Waals surface area contributed by atoms with E-state index in [4.69, 9.17) is 4.74 Å². The lowest BCUT2D eigenvalue weighted by Gasteiger charge is -2.19. The zero-order valence-electron chi connectivity index (χ0n) is 14.7. The summed E-state index contributed by atoms with van der Waals surface area (Å²) < 4.78 is 5.83. The van der Waals surface area contributed by atoms with Gasteiger partial charge in [-0.15, -0.1) is 0 Å². The van der Waals surface area contributed by atoms with Gasteiger partial charge in [-0.3, -0.25) is 14.5 Å². The van der Waals surface area contributed by atoms with E-state index in [2.05, 4.69) is 0 Å². The van der Waals surface area contributed by atoms with E-state index in [1.54, 1.807) is 0 Å². The smallest absolute Gasteiger partial charge is 0.237 e. The molecule has 3 fully saturated rings. The lowest BCUT2D eigenvalue weighted by Crippen LogP contribution is -2.32. The molecule has 4 nitrogen and oxygen atoms in total. The minimum absolute atomic E-state index is 0.000553. The Bertz CT molecular complexity index is 843. The molecule has 0 aromatic heterocycles. The number of hydrogen-bond acceptors (Lipinski definition) is 3. The van der Waals surface area contributed by atoms with Gasteiger partial charge >= 0.3 is 0 Å². The van der Waals surface area contributed by atoms with Crippen LogP contribution in [0.3, 0.4) is 0 Å². The predicted molar refractivity (Wildman–Crippen MR) is 98.0 cm³/mol. The number of benzene rings is 2. The van der Waals surface area contributed by atoms with Gasteiger partial charge in [0.2, 0.25) is 11.8 Å². The minimum Gasteiger partial charge on any atom is -0.457 e. The van der Waals surface area contributed by atoms with Crippen LogP contribution in [-0.4, -0.2) is 11.8 Å². The molecule has 2 amide bonds. The lowest BCUT2D eigenvalue weighted by molar-refractivity contribution is -0.123. The van der Waals surface area contributed by atoms with Gasteiger partial charge in [-0.05, 0) is 74.4 Å². The van der Waals surface area contributed by atoms with Gasteiger partial charge in [0.05, 0.1) is 17.5 Å². The number of carbonyl (C=O) groups excluding carboxylic acids is 2. The molecule has 0 radical (unpaired) electrons. The molecule has 2 bridgehead atoms. The van der Waals surface area contributed by atoms with Crippen LogP contribution in [0.2, 0.25) is 0 Å². The van der Waals surface area contributed by atoms with Crippen molar-refractivity contribution in [2.75, 3.05) is 4.90 Å². The van der Waals surface area contributed by atoms with Crippen LogP contribution in [0.15, 0.2) is 48.5 Å². The highest BCUT2D eigenvalue weighted by molar-refractivity contribution is 6.22. The van der Waals surface area contributed by atoms with Crippen LogP contribution >= 0.6 is 0 Å². The molecule has 2 aliphatic carbocycles. The van der Waals surface area contributed by atoms with E-state index in [1.165, 1.54) is 10.5 Å². The summed E-state index contributed by atoms with van der Waals surface area (Å²) in [6.07, 6.45) is 3.26. The number of aryl methyl sites for hydroxylation is 1. The molecular weight excluding hydrogens is 326 g/mol. The van der Waals surface area contributed by atoms with Crippen LogP contribution in [0.5, 0.6) is 11.5 Å². The molecule has 4 atom stereocenters. The standard InChI is InChI=1S/C22H21NO3/c1-13-2-8-17(9-3-13)26-18-10-6-16(7-11-18)23-21(24)19-14-4-5-15(12-14)20(19)22(23)25/h2-3,6-11,14-15,19-20H,4-5,12H2,1H3/t14-,15-,19-,20-/m0/s1. The summed E-state index contributed by atoms with van der Waals surface area (Å²) in [6.45, 7) is 2.03. The number of rotatable bonds is 3. The molecule has 1 saturated heterocycles. The van der Waals surface area contributed by atoms with Crippen LogP contribution in [0.1, 0.15) is 24.8 Å². The Labute approximate surface area is 152 Å². The summed E-state index contributed by atoms with van der Waals surface area (Å²) in [7, 11) is 0. The minimum atomic E-state index is -0.0789. The average molecular weight is 347 g/mol. The third kappa shape index (κ3) is 2.28. The fraction of sp³-hybridized carbons (Fsp3) is 0.364. The molecule has 1 aliphatic heterocycles. The van der Waals surface area contributed by atoms with Gasteiger partial charge in [-0.1, -0.05) is 17.7 Å². The Morgan fingerprint density at radius 3 is 1.85 bits per heavy atom. The van der Waals surface area contributed by atoms with Gasteiger partial charge in [0, 0.05) is 0 Å². The summed E-state index contributed by atoms with van der Waals surface area (Å²) in [5.41, 5.74) is 1.84. The molecule has 5 rings (SSSR count). The van der Waals surface area contributed by atoms with E-state index in [0.717, 1.165) is 25.0 Å². The number of carbonyl (C=O) groups is 2. The number of fused-ring (bicyclic) bond motifs is 5. The first-order valence-electron chi connectivity index (χ1n) is 9.34. The molecule has 0 N–H and O–H groups in total. The number of anilines is 1. The average Bonchev–Trinajstić information content (AvgIpc) is 3.32. The first-order valence-corrected chi connectivity index (χ1v) is 9.34. The third-order valence-corrected chi connectivity index (χ3v) is 6.28. The van der Waals surface area contributed by atoms with E-state index in [1.807, 2.05) is 55.5 Å². The van der Waals surface area contributed by atoms with Gasteiger partial charge in [0.25, 0.3) is 0 Å². The van der Waals surface area contributed by atoms with Crippen molar-refractivity contribution in [2.24, 2.45) is 23.7 Å². The summed E-state index contributed by atoms with van der Waals surface area (Å²) in [4.78, 5) is 27.2. The number of imide groups is 1. The number of ether oxygens (including phenoxy) is 1. The Hall–Kier alpha value is -2.62. The fourth-order valence-electron chi connectivity index (χ4n) is 5.07. The van der Waals surface area contributed by atoms with Crippen molar-refractivity contribution >= 4 is 17.5 Å². The summed E-state index contributed by atoms with van der Waals surface area (Å²) >= 11 is 0. The van der Waals surface area contributed by atoms with Crippen LogP contribution in [0.25, 0.3) is 0 Å². The molecule has 26 heavy (non-hydrogen) atoms. The van der Waals surface area contributed by atoms with E-state index in [9.17, 15) is 9.59 Å². The van der Waals surface area contributed by atoms with Crippen molar-refractivity contribution in [3.05, 3.63) is 54.1 Å². The largest absolute Gasteiger partial charge is 0.457 e. The fourth-order valence-corrected chi connectivity index (χ4v) is 5.07. The number of hydrogen-bond donors (Lipinski definition) is 0. The summed E-state index contributed by atoms with van der Waals surface area (Å²) in [5, 5.41) is 0. The van der Waals surface area contributed by atoms with Gasteiger partial charge in [-0.25, -0.2) is 0 Å². The molecule has 2 aromatic rings. The van der Waals surface area contributed by atoms with E-state index in [-0.39, 0.29) is 23.7 Å². The highest BCUT2D eigenvalue weighted by atomic mass is 16.5. The molecule has 3 aliphatic rings. The topological polar surface area (TPSA) is 46.6 Å². The second-order valence-corrected chi connectivity index (χ2v) is 7.81. The van der Waals surface area contributed by atoms with Gasteiger partial charge in [0.1, 0.15) is 11.5 Å². The maximum atomic E-state index is 12.9. The van der Waals surface area contributed by atoms with E-state index < -0.39 is 0 Å². The molecule has 0 spiro atoms. The number of amides is 2. The van der Waals surface area contributed by atoms with Crippen molar-refractivity contribution < 1.29 is 14.3 Å². The molecule has 0 unspecified atom stereocenters. The van der Waals surface area contributed by atoms with Gasteiger partial charge in [0.15, 0.2) is 0 Å². The quantitative estimate of drug-likeness (QED) is 0.777. The van der Waals surface area contributed by atoms with Crippen molar-refractivity contribution in [1.29, 1.82) is 0 Å². The summed E-state index contributed by atoms with van der Waals surface area (Å²) in [6, 6.07) is 15.1. The Morgan fingerprint density at radius 2 is 1.31 bits per heavy atom. The molecular formula is C22H21NO3. The van der Waals surface area contributed by atoms with Crippen LogP contribution in [0.4, 0.5) is 5.69 Å². The van der Waals surface area contributed by atoms with Crippen molar-refractivity contribution in [1.82, 2.24) is 0 Å². The lowest BCUT2D eigenvalue weighted by atomic mass is 9.81. The van der Waals surface area contributed by atoms with Crippen LogP contribution in [-0.2, 0) is 9.59 Å². The van der Waals surface area contributed by atoms with Gasteiger partial charge < -0.3 is 4.74 Å². The molecule has 4 heteroatoms. The van der Waals surface area contributed by atoms with Crippen LogP contribution < -0.4 is 9.64 Å². The Kier molecular flexibility index (Phi) is 3.42.